The van der Waals surface area contributed by atoms with Gasteiger partial charge in [-0.05, 0) is 38.6 Å². The van der Waals surface area contributed by atoms with Crippen LogP contribution in [0, 0.1) is 0 Å². The molecule has 2 rings (SSSR count). The fraction of sp³-hybridized carbons (Fsp3) is 1.00. The summed E-state index contributed by atoms with van der Waals surface area (Å²) in [5.41, 5.74) is 6.58. The van der Waals surface area contributed by atoms with Gasteiger partial charge in [-0.2, -0.15) is 0 Å². The molecule has 0 amide bonds. The Morgan fingerprint density at radius 3 is 2.54 bits per heavy atom. The van der Waals surface area contributed by atoms with Crippen LogP contribution in [0.4, 0.5) is 0 Å². The minimum Gasteiger partial charge on any atom is -0.325 e. The highest BCUT2D eigenvalue weighted by molar-refractivity contribution is 4.92. The Balaban J connectivity index is 1.83. The van der Waals surface area contributed by atoms with Gasteiger partial charge in [-0.15, -0.1) is 0 Å². The summed E-state index contributed by atoms with van der Waals surface area (Å²) in [4.78, 5) is 0. The van der Waals surface area contributed by atoms with Crippen LogP contribution in [-0.4, -0.2) is 18.1 Å². The van der Waals surface area contributed by atoms with E-state index in [1.54, 1.807) is 0 Å². The molecule has 0 aromatic carbocycles. The minimum absolute atomic E-state index is 0.181. The minimum atomic E-state index is 0.181. The zero-order valence-corrected chi connectivity index (χ0v) is 8.52. The predicted octanol–water partition coefficient (Wildman–Crippen LogP) is 1.79. The Hall–Kier alpha value is -0.0800. The van der Waals surface area contributed by atoms with E-state index in [2.05, 4.69) is 5.32 Å². The summed E-state index contributed by atoms with van der Waals surface area (Å²) in [5.74, 6) is 0. The van der Waals surface area contributed by atoms with Gasteiger partial charge in [0.25, 0.3) is 0 Å². The molecule has 1 unspecified atom stereocenters. The number of hydrogen-bond acceptors (Lipinski definition) is 2. The van der Waals surface area contributed by atoms with Gasteiger partial charge >= 0.3 is 0 Å². The van der Waals surface area contributed by atoms with Gasteiger partial charge < -0.3 is 11.1 Å². The lowest BCUT2D eigenvalue weighted by atomic mass is 9.78. The second-order valence-electron chi connectivity index (χ2n) is 4.92. The topological polar surface area (TPSA) is 38.0 Å². The highest BCUT2D eigenvalue weighted by Gasteiger charge is 2.31. The quantitative estimate of drug-likeness (QED) is 0.683. The molecule has 1 saturated heterocycles. The van der Waals surface area contributed by atoms with E-state index >= 15 is 0 Å². The van der Waals surface area contributed by atoms with Gasteiger partial charge in [0, 0.05) is 11.6 Å². The average molecular weight is 182 g/mol. The molecule has 1 saturated carbocycles. The number of nitrogens with two attached hydrogens (primary N) is 1. The van der Waals surface area contributed by atoms with Crippen molar-refractivity contribution in [3.63, 3.8) is 0 Å². The molecule has 1 aliphatic heterocycles. The molecule has 1 aliphatic carbocycles. The second kappa shape index (κ2) is 3.97. The molecule has 2 aliphatic rings. The zero-order chi connectivity index (χ0) is 9.15. The van der Waals surface area contributed by atoms with Gasteiger partial charge in [0.15, 0.2) is 0 Å². The molecule has 0 radical (unpaired) electrons. The summed E-state index contributed by atoms with van der Waals surface area (Å²) in [5, 5.41) is 3.55. The maximum absolute atomic E-state index is 6.40. The fourth-order valence-electron chi connectivity index (χ4n) is 2.88. The molecule has 13 heavy (non-hydrogen) atoms. The van der Waals surface area contributed by atoms with E-state index in [1.807, 2.05) is 0 Å². The first-order valence-corrected chi connectivity index (χ1v) is 5.81. The summed E-state index contributed by atoms with van der Waals surface area (Å²) in [7, 11) is 0. The van der Waals surface area contributed by atoms with Crippen LogP contribution in [0.2, 0.25) is 0 Å². The molecular weight excluding hydrogens is 160 g/mol. The first-order chi connectivity index (χ1) is 6.29. The van der Waals surface area contributed by atoms with Crippen LogP contribution >= 0.6 is 0 Å². The van der Waals surface area contributed by atoms with Crippen molar-refractivity contribution in [1.29, 1.82) is 0 Å². The van der Waals surface area contributed by atoms with E-state index in [0.29, 0.717) is 0 Å². The standard InChI is InChI=1S/C11H22N2/c12-11(6-2-1-3-7-11)9-10-5-4-8-13-10/h10,13H,1-9,12H2. The van der Waals surface area contributed by atoms with E-state index < -0.39 is 0 Å². The van der Waals surface area contributed by atoms with E-state index in [0.717, 1.165) is 6.04 Å². The Morgan fingerprint density at radius 2 is 1.92 bits per heavy atom. The van der Waals surface area contributed by atoms with Gasteiger partial charge in [0.05, 0.1) is 0 Å². The Morgan fingerprint density at radius 1 is 1.15 bits per heavy atom. The monoisotopic (exact) mass is 182 g/mol. The zero-order valence-electron chi connectivity index (χ0n) is 8.52. The lowest BCUT2D eigenvalue weighted by Crippen LogP contribution is -2.46. The second-order valence-corrected chi connectivity index (χ2v) is 4.92. The van der Waals surface area contributed by atoms with Gasteiger partial charge in [-0.3, -0.25) is 0 Å². The van der Waals surface area contributed by atoms with Crippen LogP contribution in [0.15, 0.2) is 0 Å². The Bertz CT molecular complexity index is 155. The highest BCUT2D eigenvalue weighted by Crippen LogP contribution is 2.31. The van der Waals surface area contributed by atoms with Gasteiger partial charge in [0.2, 0.25) is 0 Å². The predicted molar refractivity (Wildman–Crippen MR) is 55.6 cm³/mol. The third-order valence-corrected chi connectivity index (χ3v) is 3.66. The summed E-state index contributed by atoms with van der Waals surface area (Å²) < 4.78 is 0. The van der Waals surface area contributed by atoms with E-state index in [9.17, 15) is 0 Å². The maximum Gasteiger partial charge on any atom is 0.0169 e. The largest absolute Gasteiger partial charge is 0.325 e. The van der Waals surface area contributed by atoms with Gasteiger partial charge in [-0.1, -0.05) is 19.3 Å². The summed E-state index contributed by atoms with van der Waals surface area (Å²) >= 11 is 0. The van der Waals surface area contributed by atoms with Crippen LogP contribution in [0.25, 0.3) is 0 Å². The van der Waals surface area contributed by atoms with E-state index in [4.69, 9.17) is 5.73 Å². The third kappa shape index (κ3) is 2.44. The molecule has 0 bridgehead atoms. The highest BCUT2D eigenvalue weighted by atomic mass is 14.9. The van der Waals surface area contributed by atoms with Crippen molar-refractivity contribution in [2.45, 2.75) is 62.9 Å². The first-order valence-electron chi connectivity index (χ1n) is 5.81. The SMILES string of the molecule is NC1(CC2CCCN2)CCCCC1. The van der Waals surface area contributed by atoms with E-state index in [1.165, 1.54) is 57.9 Å². The molecule has 1 heterocycles. The van der Waals surface area contributed by atoms with Crippen LogP contribution in [-0.2, 0) is 0 Å². The molecule has 2 heteroatoms. The normalized spacial score (nSPS) is 33.5. The molecule has 2 nitrogen and oxygen atoms in total. The lowest BCUT2D eigenvalue weighted by Gasteiger charge is -2.35. The molecule has 3 N–H and O–H groups in total. The van der Waals surface area contributed by atoms with Crippen LogP contribution in [0.3, 0.4) is 0 Å². The molecular formula is C11H22N2. The fourth-order valence-corrected chi connectivity index (χ4v) is 2.88. The maximum atomic E-state index is 6.40. The lowest BCUT2D eigenvalue weighted by molar-refractivity contribution is 0.254. The van der Waals surface area contributed by atoms with Crippen molar-refractivity contribution in [2.75, 3.05) is 6.54 Å². The molecule has 1 atom stereocenters. The molecule has 2 fully saturated rings. The van der Waals surface area contributed by atoms with E-state index in [-0.39, 0.29) is 5.54 Å². The van der Waals surface area contributed by atoms with Crippen molar-refractivity contribution in [1.82, 2.24) is 5.32 Å². The smallest absolute Gasteiger partial charge is 0.0169 e. The van der Waals surface area contributed by atoms with Crippen molar-refractivity contribution in [3.8, 4) is 0 Å². The number of hydrogen-bond donors (Lipinski definition) is 2. The Kier molecular flexibility index (Phi) is 2.89. The summed E-state index contributed by atoms with van der Waals surface area (Å²) in [6, 6.07) is 0.725. The van der Waals surface area contributed by atoms with Crippen molar-refractivity contribution >= 4 is 0 Å². The molecule has 0 aromatic heterocycles. The average Bonchev–Trinajstić information content (AvgIpc) is 2.57. The summed E-state index contributed by atoms with van der Waals surface area (Å²) in [6.07, 6.45) is 10.5. The number of nitrogens with one attached hydrogen (secondary N) is 1. The Labute approximate surface area is 81.3 Å². The summed E-state index contributed by atoms with van der Waals surface area (Å²) in [6.45, 7) is 1.21. The molecule has 0 aromatic rings. The van der Waals surface area contributed by atoms with Gasteiger partial charge in [0.1, 0.15) is 0 Å². The van der Waals surface area contributed by atoms with Gasteiger partial charge in [-0.25, -0.2) is 0 Å². The molecule has 76 valence electrons. The van der Waals surface area contributed by atoms with Crippen LogP contribution in [0.5, 0.6) is 0 Å². The van der Waals surface area contributed by atoms with Crippen LogP contribution < -0.4 is 11.1 Å². The third-order valence-electron chi connectivity index (χ3n) is 3.66. The van der Waals surface area contributed by atoms with Crippen molar-refractivity contribution in [2.24, 2.45) is 5.73 Å². The molecule has 0 spiro atoms. The van der Waals surface area contributed by atoms with Crippen molar-refractivity contribution < 1.29 is 0 Å². The van der Waals surface area contributed by atoms with Crippen LogP contribution in [0.1, 0.15) is 51.4 Å². The van der Waals surface area contributed by atoms with Crippen molar-refractivity contribution in [3.05, 3.63) is 0 Å². The first kappa shape index (κ1) is 9.47. The number of rotatable bonds is 2.